The summed E-state index contributed by atoms with van der Waals surface area (Å²) in [5.74, 6) is -0.297. The fourth-order valence-electron chi connectivity index (χ4n) is 5.09. The number of hydrogen-bond acceptors (Lipinski definition) is 4. The van der Waals surface area contributed by atoms with Gasteiger partial charge in [0, 0.05) is 19.5 Å². The van der Waals surface area contributed by atoms with Crippen molar-refractivity contribution in [2.45, 2.75) is 174 Å². The average molecular weight is 555 g/mol. The van der Waals surface area contributed by atoms with Gasteiger partial charge in [-0.05, 0) is 12.8 Å². The number of amides is 2. The molecule has 0 saturated heterocycles. The molecule has 0 aromatic carbocycles. The minimum absolute atomic E-state index is 0.000542. The summed E-state index contributed by atoms with van der Waals surface area (Å²) >= 11 is 0. The van der Waals surface area contributed by atoms with E-state index in [1.54, 1.807) is 0 Å². The van der Waals surface area contributed by atoms with Crippen molar-refractivity contribution in [3.8, 4) is 0 Å². The summed E-state index contributed by atoms with van der Waals surface area (Å²) in [6.45, 7) is 4.66. The molecule has 1 atom stereocenters. The summed E-state index contributed by atoms with van der Waals surface area (Å²) in [4.78, 5) is 26.6. The molecule has 0 heterocycles. The van der Waals surface area contributed by atoms with Crippen LogP contribution in [0.4, 0.5) is 0 Å². The fraction of sp³-hybridized carbons (Fsp3) is 0.939. The molecule has 6 heteroatoms. The number of carbonyl (C=O) groups excluding carboxylic acids is 2. The van der Waals surface area contributed by atoms with Gasteiger partial charge in [-0.25, -0.2) is 0 Å². The van der Waals surface area contributed by atoms with E-state index in [-0.39, 0.29) is 24.9 Å². The predicted octanol–water partition coefficient (Wildman–Crippen LogP) is 7.69. The van der Waals surface area contributed by atoms with E-state index in [0.717, 1.165) is 32.1 Å². The number of rotatable bonds is 30. The molecule has 2 amide bonds. The molecule has 0 aliphatic carbocycles. The van der Waals surface area contributed by atoms with Crippen molar-refractivity contribution in [3.63, 3.8) is 0 Å². The first-order chi connectivity index (χ1) is 19.0. The van der Waals surface area contributed by atoms with Gasteiger partial charge in [-0.2, -0.15) is 0 Å². The highest BCUT2D eigenvalue weighted by Gasteiger charge is 2.19. The van der Waals surface area contributed by atoms with E-state index in [1.165, 1.54) is 120 Å². The maximum absolute atomic E-state index is 12.7. The highest BCUT2D eigenvalue weighted by atomic mass is 16.3. The maximum Gasteiger partial charge on any atom is 0.239 e. The van der Waals surface area contributed by atoms with Crippen LogP contribution in [-0.2, 0) is 9.59 Å². The lowest BCUT2D eigenvalue weighted by Gasteiger charge is -2.24. The van der Waals surface area contributed by atoms with Crippen LogP contribution in [0.3, 0.4) is 0 Å². The van der Waals surface area contributed by atoms with Gasteiger partial charge in [0.05, 0.1) is 19.3 Å². The van der Waals surface area contributed by atoms with E-state index in [4.69, 9.17) is 0 Å². The normalized spacial score (nSPS) is 12.0. The fourth-order valence-corrected chi connectivity index (χ4v) is 5.09. The van der Waals surface area contributed by atoms with Crippen LogP contribution in [0.25, 0.3) is 0 Å². The zero-order valence-corrected chi connectivity index (χ0v) is 26.0. The van der Waals surface area contributed by atoms with Crippen LogP contribution in [0.1, 0.15) is 168 Å². The van der Waals surface area contributed by atoms with Crippen LogP contribution >= 0.6 is 0 Å². The number of nitrogens with one attached hydrogen (secondary N) is 1. The maximum atomic E-state index is 12.7. The highest BCUT2D eigenvalue weighted by molar-refractivity contribution is 5.84. The van der Waals surface area contributed by atoms with E-state index < -0.39 is 12.7 Å². The Morgan fingerprint density at radius 2 is 1.00 bits per heavy atom. The van der Waals surface area contributed by atoms with Crippen molar-refractivity contribution in [1.29, 1.82) is 0 Å². The highest BCUT2D eigenvalue weighted by Crippen LogP contribution is 2.14. The van der Waals surface area contributed by atoms with E-state index >= 15 is 0 Å². The van der Waals surface area contributed by atoms with Gasteiger partial charge >= 0.3 is 0 Å². The first-order valence-electron chi connectivity index (χ1n) is 16.9. The van der Waals surface area contributed by atoms with Gasteiger partial charge in [0.2, 0.25) is 11.8 Å². The van der Waals surface area contributed by atoms with Crippen molar-refractivity contribution in [3.05, 3.63) is 0 Å². The predicted molar refractivity (Wildman–Crippen MR) is 165 cm³/mol. The monoisotopic (exact) mass is 555 g/mol. The number of carbonyl (C=O) groups is 2. The summed E-state index contributed by atoms with van der Waals surface area (Å²) < 4.78 is 0. The van der Waals surface area contributed by atoms with Crippen molar-refractivity contribution < 1.29 is 19.8 Å². The molecule has 0 rings (SSSR count). The van der Waals surface area contributed by atoms with Crippen molar-refractivity contribution in [2.24, 2.45) is 0 Å². The van der Waals surface area contributed by atoms with Gasteiger partial charge in [-0.3, -0.25) is 9.59 Å². The molecular weight excluding hydrogens is 488 g/mol. The molecule has 3 N–H and O–H groups in total. The standard InChI is InChI=1S/C33H66N2O4/c1-3-5-7-9-11-13-15-16-17-18-20-22-24-26-33(39)35(28-31(37)30-36)29-32(38)34-27-25-23-21-19-14-12-10-8-6-4-2/h31,36-37H,3-30H2,1-2H3,(H,34,38). The van der Waals surface area contributed by atoms with Gasteiger partial charge < -0.3 is 20.4 Å². The van der Waals surface area contributed by atoms with Crippen molar-refractivity contribution in [2.75, 3.05) is 26.2 Å². The third-order valence-electron chi connectivity index (χ3n) is 7.68. The smallest absolute Gasteiger partial charge is 0.239 e. The number of aliphatic hydroxyl groups excluding tert-OH is 2. The summed E-state index contributed by atoms with van der Waals surface area (Å²) in [7, 11) is 0. The average Bonchev–Trinajstić information content (AvgIpc) is 2.93. The van der Waals surface area contributed by atoms with E-state index in [1.807, 2.05) is 0 Å². The molecule has 232 valence electrons. The summed E-state index contributed by atoms with van der Waals surface area (Å²) in [5, 5.41) is 22.0. The van der Waals surface area contributed by atoms with Gasteiger partial charge in [0.1, 0.15) is 0 Å². The summed E-state index contributed by atoms with van der Waals surface area (Å²) in [6, 6.07) is 0. The molecule has 1 unspecified atom stereocenters. The van der Waals surface area contributed by atoms with E-state index in [9.17, 15) is 19.8 Å². The second-order valence-corrected chi connectivity index (χ2v) is 11.6. The second kappa shape index (κ2) is 29.8. The topological polar surface area (TPSA) is 89.9 Å². The van der Waals surface area contributed by atoms with Crippen LogP contribution in [0, 0.1) is 0 Å². The first-order valence-corrected chi connectivity index (χ1v) is 16.9. The molecule has 0 fully saturated rings. The molecule has 0 aromatic heterocycles. The minimum atomic E-state index is -1.02. The Morgan fingerprint density at radius 3 is 1.41 bits per heavy atom. The van der Waals surface area contributed by atoms with Gasteiger partial charge in [-0.1, -0.05) is 149 Å². The number of aliphatic hydroxyl groups is 2. The molecule has 0 bridgehead atoms. The van der Waals surface area contributed by atoms with Crippen LogP contribution < -0.4 is 5.32 Å². The van der Waals surface area contributed by atoms with Crippen molar-refractivity contribution in [1.82, 2.24) is 10.2 Å². The Bertz CT molecular complexity index is 544. The lowest BCUT2D eigenvalue weighted by molar-refractivity contribution is -0.137. The molecule has 0 aromatic rings. The van der Waals surface area contributed by atoms with Crippen LogP contribution in [0.5, 0.6) is 0 Å². The Hall–Kier alpha value is -1.14. The Kier molecular flexibility index (Phi) is 29.0. The number of hydrogen-bond donors (Lipinski definition) is 3. The largest absolute Gasteiger partial charge is 0.394 e. The first kappa shape index (κ1) is 37.9. The van der Waals surface area contributed by atoms with Crippen LogP contribution in [0.15, 0.2) is 0 Å². The summed E-state index contributed by atoms with van der Waals surface area (Å²) in [5.41, 5.74) is 0. The van der Waals surface area contributed by atoms with Gasteiger partial charge in [0.15, 0.2) is 0 Å². The Morgan fingerprint density at radius 1 is 0.615 bits per heavy atom. The SMILES string of the molecule is CCCCCCCCCCCCCCCC(=O)N(CC(=O)NCCCCCCCCCCCC)CC(O)CO. The van der Waals surface area contributed by atoms with E-state index in [0.29, 0.717) is 13.0 Å². The molecule has 39 heavy (non-hydrogen) atoms. The number of nitrogens with zero attached hydrogens (tertiary/aromatic N) is 1. The molecule has 0 aliphatic rings. The second-order valence-electron chi connectivity index (χ2n) is 11.6. The quantitative estimate of drug-likeness (QED) is 0.0794. The zero-order chi connectivity index (χ0) is 28.8. The molecule has 6 nitrogen and oxygen atoms in total. The number of unbranched alkanes of at least 4 members (excludes halogenated alkanes) is 21. The third-order valence-corrected chi connectivity index (χ3v) is 7.68. The van der Waals surface area contributed by atoms with Crippen LogP contribution in [-0.4, -0.2) is 59.3 Å². The lowest BCUT2D eigenvalue weighted by Crippen LogP contribution is -2.45. The Labute approximate surface area is 242 Å². The summed E-state index contributed by atoms with van der Waals surface area (Å²) in [6.07, 6.45) is 28.2. The molecule has 0 spiro atoms. The van der Waals surface area contributed by atoms with Crippen LogP contribution in [0.2, 0.25) is 0 Å². The molecule has 0 saturated carbocycles. The Balaban J connectivity index is 3.92. The third kappa shape index (κ3) is 26.8. The van der Waals surface area contributed by atoms with Gasteiger partial charge in [0.25, 0.3) is 0 Å². The molecule has 0 radical (unpaired) electrons. The lowest BCUT2D eigenvalue weighted by atomic mass is 10.0. The van der Waals surface area contributed by atoms with E-state index in [2.05, 4.69) is 19.2 Å². The molecular formula is C33H66N2O4. The zero-order valence-electron chi connectivity index (χ0n) is 26.0. The van der Waals surface area contributed by atoms with Crippen molar-refractivity contribution >= 4 is 11.8 Å². The molecule has 0 aliphatic heterocycles. The van der Waals surface area contributed by atoms with Gasteiger partial charge in [-0.15, -0.1) is 0 Å². The minimum Gasteiger partial charge on any atom is -0.394 e.